The van der Waals surface area contributed by atoms with Crippen molar-refractivity contribution in [3.63, 3.8) is 0 Å². The summed E-state index contributed by atoms with van der Waals surface area (Å²) in [5.41, 5.74) is 3.20. The van der Waals surface area contributed by atoms with E-state index >= 15 is 0 Å². The van der Waals surface area contributed by atoms with E-state index in [4.69, 9.17) is 4.74 Å². The molecule has 0 unspecified atom stereocenters. The number of rotatable bonds is 5. The van der Waals surface area contributed by atoms with E-state index in [2.05, 4.69) is 10.6 Å². The number of urea groups is 1. The maximum absolute atomic E-state index is 12.2. The smallest absolute Gasteiger partial charge is 0.319 e. The Labute approximate surface area is 137 Å². The first-order chi connectivity index (χ1) is 11.2. The van der Waals surface area contributed by atoms with Crippen LogP contribution in [0.1, 0.15) is 49.7 Å². The largest absolute Gasteiger partial charge is 0.396 e. The number of aliphatic hydroxyl groups is 1. The lowest BCUT2D eigenvalue weighted by Crippen LogP contribution is -2.41. The highest BCUT2D eigenvalue weighted by atomic mass is 16.5. The molecule has 0 radical (unpaired) electrons. The van der Waals surface area contributed by atoms with Crippen LogP contribution in [0.2, 0.25) is 0 Å². The van der Waals surface area contributed by atoms with Crippen LogP contribution in [-0.2, 0) is 18.0 Å². The molecule has 1 aliphatic carbocycles. The lowest BCUT2D eigenvalue weighted by Gasteiger charge is -2.37. The van der Waals surface area contributed by atoms with E-state index in [1.165, 1.54) is 24.8 Å². The van der Waals surface area contributed by atoms with Gasteiger partial charge in [-0.25, -0.2) is 4.79 Å². The summed E-state index contributed by atoms with van der Waals surface area (Å²) in [5, 5.41) is 15.2. The predicted octanol–water partition coefficient (Wildman–Crippen LogP) is 3.17. The van der Waals surface area contributed by atoms with Crippen molar-refractivity contribution >= 4 is 11.7 Å². The quantitative estimate of drug-likeness (QED) is 0.781. The third kappa shape index (κ3) is 4.03. The lowest BCUT2D eigenvalue weighted by atomic mass is 9.72. The van der Waals surface area contributed by atoms with Gasteiger partial charge in [-0.15, -0.1) is 0 Å². The van der Waals surface area contributed by atoms with Crippen LogP contribution in [0, 0.1) is 5.41 Å². The van der Waals surface area contributed by atoms with Gasteiger partial charge in [0.1, 0.15) is 0 Å². The summed E-state index contributed by atoms with van der Waals surface area (Å²) >= 11 is 0. The monoisotopic (exact) mass is 318 g/mol. The fourth-order valence-corrected chi connectivity index (χ4v) is 3.75. The summed E-state index contributed by atoms with van der Waals surface area (Å²) in [6.07, 6.45) is 6.58. The molecule has 126 valence electrons. The molecule has 0 aromatic heterocycles. The molecule has 3 N–H and O–H groups in total. The zero-order valence-electron chi connectivity index (χ0n) is 13.6. The van der Waals surface area contributed by atoms with Crippen LogP contribution in [0.3, 0.4) is 0 Å². The molecule has 5 nitrogen and oxygen atoms in total. The molecule has 0 atom stereocenters. The molecule has 5 heteroatoms. The van der Waals surface area contributed by atoms with Crippen LogP contribution >= 0.6 is 0 Å². The Kier molecular flexibility index (Phi) is 5.18. The van der Waals surface area contributed by atoms with Gasteiger partial charge in [-0.1, -0.05) is 25.3 Å². The number of ether oxygens (including phenoxy) is 1. The van der Waals surface area contributed by atoms with Gasteiger partial charge in [-0.05, 0) is 47.9 Å². The van der Waals surface area contributed by atoms with Crippen molar-refractivity contribution in [3.8, 4) is 0 Å². The Morgan fingerprint density at radius 2 is 1.96 bits per heavy atom. The van der Waals surface area contributed by atoms with E-state index in [0.29, 0.717) is 19.8 Å². The zero-order chi connectivity index (χ0) is 16.1. The van der Waals surface area contributed by atoms with Gasteiger partial charge in [-0.3, -0.25) is 0 Å². The molecule has 0 bridgehead atoms. The number of hydrogen-bond acceptors (Lipinski definition) is 3. The summed E-state index contributed by atoms with van der Waals surface area (Å²) in [6.45, 7) is 2.10. The summed E-state index contributed by atoms with van der Waals surface area (Å²) in [6, 6.07) is 5.72. The van der Waals surface area contributed by atoms with E-state index in [9.17, 15) is 9.90 Å². The molecule has 1 aromatic rings. The number of anilines is 1. The minimum atomic E-state index is -0.174. The summed E-state index contributed by atoms with van der Waals surface area (Å²) in [7, 11) is 0. The number of hydrogen-bond donors (Lipinski definition) is 3. The Morgan fingerprint density at radius 3 is 2.74 bits per heavy atom. The predicted molar refractivity (Wildman–Crippen MR) is 89.2 cm³/mol. The maximum Gasteiger partial charge on any atom is 0.319 e. The second-order valence-electron chi connectivity index (χ2n) is 6.82. The van der Waals surface area contributed by atoms with Crippen LogP contribution in [0.4, 0.5) is 10.5 Å². The van der Waals surface area contributed by atoms with Crippen molar-refractivity contribution in [2.75, 3.05) is 18.5 Å². The third-order valence-electron chi connectivity index (χ3n) is 5.16. The normalized spacial score (nSPS) is 19.2. The highest BCUT2D eigenvalue weighted by Crippen LogP contribution is 2.38. The van der Waals surface area contributed by atoms with Crippen molar-refractivity contribution in [2.45, 2.75) is 51.7 Å². The number of amides is 2. The number of carbonyl (C=O) groups is 1. The molecule has 1 aromatic carbocycles. The number of fused-ring (bicyclic) bond motifs is 1. The SMILES string of the molecule is O=C(NCC1(CCO)CCCCC1)Nc1ccc2c(c1)COC2. The van der Waals surface area contributed by atoms with Crippen molar-refractivity contribution in [1.29, 1.82) is 0 Å². The van der Waals surface area contributed by atoms with Crippen molar-refractivity contribution in [3.05, 3.63) is 29.3 Å². The number of carbonyl (C=O) groups excluding carboxylic acids is 1. The highest BCUT2D eigenvalue weighted by molar-refractivity contribution is 5.89. The molecule has 2 aliphatic rings. The lowest BCUT2D eigenvalue weighted by molar-refractivity contribution is 0.128. The van der Waals surface area contributed by atoms with Gasteiger partial charge < -0.3 is 20.5 Å². The second-order valence-corrected chi connectivity index (χ2v) is 6.82. The number of benzene rings is 1. The van der Waals surface area contributed by atoms with E-state index in [-0.39, 0.29) is 18.1 Å². The zero-order valence-corrected chi connectivity index (χ0v) is 13.6. The molecule has 2 amide bonds. The first kappa shape index (κ1) is 16.3. The van der Waals surface area contributed by atoms with E-state index in [1.807, 2.05) is 18.2 Å². The molecule has 0 saturated heterocycles. The van der Waals surface area contributed by atoms with Crippen LogP contribution in [0.15, 0.2) is 18.2 Å². The van der Waals surface area contributed by atoms with Crippen molar-refractivity contribution in [2.24, 2.45) is 5.41 Å². The molecule has 1 heterocycles. The number of aliphatic hydroxyl groups excluding tert-OH is 1. The van der Waals surface area contributed by atoms with Gasteiger partial charge >= 0.3 is 6.03 Å². The topological polar surface area (TPSA) is 70.6 Å². The van der Waals surface area contributed by atoms with Gasteiger partial charge in [0.05, 0.1) is 13.2 Å². The molecule has 1 saturated carbocycles. The Hall–Kier alpha value is -1.59. The second kappa shape index (κ2) is 7.32. The molecule has 1 aliphatic heterocycles. The van der Waals surface area contributed by atoms with Gasteiger partial charge in [0, 0.05) is 18.8 Å². The molecular formula is C18H26N2O3. The Morgan fingerprint density at radius 1 is 1.17 bits per heavy atom. The fraction of sp³-hybridized carbons (Fsp3) is 0.611. The Bertz CT molecular complexity index is 548. The van der Waals surface area contributed by atoms with E-state index < -0.39 is 0 Å². The minimum Gasteiger partial charge on any atom is -0.396 e. The van der Waals surface area contributed by atoms with E-state index in [0.717, 1.165) is 30.5 Å². The third-order valence-corrected chi connectivity index (χ3v) is 5.16. The molecular weight excluding hydrogens is 292 g/mol. The summed E-state index contributed by atoms with van der Waals surface area (Å²) < 4.78 is 5.39. The molecule has 23 heavy (non-hydrogen) atoms. The fourth-order valence-electron chi connectivity index (χ4n) is 3.75. The summed E-state index contributed by atoms with van der Waals surface area (Å²) in [4.78, 5) is 12.2. The van der Waals surface area contributed by atoms with Crippen LogP contribution in [0.5, 0.6) is 0 Å². The highest BCUT2D eigenvalue weighted by Gasteiger charge is 2.31. The van der Waals surface area contributed by atoms with Crippen LogP contribution < -0.4 is 10.6 Å². The maximum atomic E-state index is 12.2. The average Bonchev–Trinajstić information content (AvgIpc) is 3.02. The van der Waals surface area contributed by atoms with E-state index in [1.54, 1.807) is 0 Å². The first-order valence-electron chi connectivity index (χ1n) is 8.56. The molecule has 3 rings (SSSR count). The van der Waals surface area contributed by atoms with Gasteiger partial charge in [0.25, 0.3) is 0 Å². The van der Waals surface area contributed by atoms with Gasteiger partial charge in [0.15, 0.2) is 0 Å². The van der Waals surface area contributed by atoms with Crippen molar-refractivity contribution in [1.82, 2.24) is 5.32 Å². The Balaban J connectivity index is 1.54. The first-order valence-corrected chi connectivity index (χ1v) is 8.56. The van der Waals surface area contributed by atoms with Gasteiger partial charge in [0.2, 0.25) is 0 Å². The average molecular weight is 318 g/mol. The molecule has 1 fully saturated rings. The summed E-state index contributed by atoms with van der Waals surface area (Å²) in [5.74, 6) is 0. The minimum absolute atomic E-state index is 0.0656. The standard InChI is InChI=1S/C18H26N2O3/c21-9-8-18(6-2-1-3-7-18)13-19-17(22)20-16-5-4-14-11-23-12-15(14)10-16/h4-5,10,21H,1-3,6-9,11-13H2,(H2,19,20,22). The van der Waals surface area contributed by atoms with Gasteiger partial charge in [-0.2, -0.15) is 0 Å². The molecule has 0 spiro atoms. The van der Waals surface area contributed by atoms with Crippen molar-refractivity contribution < 1.29 is 14.6 Å². The van der Waals surface area contributed by atoms with Crippen LogP contribution in [0.25, 0.3) is 0 Å². The van der Waals surface area contributed by atoms with Crippen LogP contribution in [-0.4, -0.2) is 24.3 Å². The number of nitrogens with one attached hydrogen (secondary N) is 2.